The van der Waals surface area contributed by atoms with Crippen molar-refractivity contribution in [3.63, 3.8) is 0 Å². The molecule has 7 nitrogen and oxygen atoms in total. The highest BCUT2D eigenvalue weighted by Crippen LogP contribution is 2.23. The van der Waals surface area contributed by atoms with E-state index >= 15 is 0 Å². The van der Waals surface area contributed by atoms with Gasteiger partial charge in [-0.05, 0) is 43.5 Å². The first-order valence-electron chi connectivity index (χ1n) is 10.2. The van der Waals surface area contributed by atoms with Crippen LogP contribution in [-0.2, 0) is 18.3 Å². The van der Waals surface area contributed by atoms with Crippen molar-refractivity contribution in [3.8, 4) is 0 Å². The SMILES string of the molecule is CCc1cccc(C)c1NC(=O)CSc1nnc([C@@H](C)NC(=O)c2ccccc2)n1C. The molecule has 0 unspecified atom stereocenters. The zero-order valence-corrected chi connectivity index (χ0v) is 19.0. The standard InChI is InChI=1S/C23H27N5O2S/c1-5-17-13-9-10-15(2)20(17)25-19(29)14-31-23-27-26-21(28(23)4)16(3)24-22(30)18-11-7-6-8-12-18/h6-13,16H,5,14H2,1-4H3,(H,24,30)(H,25,29)/t16-/m1/s1. The van der Waals surface area contributed by atoms with Gasteiger partial charge >= 0.3 is 0 Å². The second-order valence-corrected chi connectivity index (χ2v) is 8.20. The van der Waals surface area contributed by atoms with Crippen LogP contribution in [0.5, 0.6) is 0 Å². The van der Waals surface area contributed by atoms with E-state index in [1.54, 1.807) is 16.7 Å². The summed E-state index contributed by atoms with van der Waals surface area (Å²) < 4.78 is 1.80. The summed E-state index contributed by atoms with van der Waals surface area (Å²) in [4.78, 5) is 24.9. The average Bonchev–Trinajstić information content (AvgIpc) is 3.14. The molecule has 2 amide bonds. The Hall–Kier alpha value is -3.13. The van der Waals surface area contributed by atoms with Crippen LogP contribution in [-0.4, -0.2) is 32.3 Å². The molecule has 8 heteroatoms. The number of nitrogens with one attached hydrogen (secondary N) is 2. The van der Waals surface area contributed by atoms with E-state index in [4.69, 9.17) is 0 Å². The Morgan fingerprint density at radius 1 is 1.10 bits per heavy atom. The van der Waals surface area contributed by atoms with E-state index in [9.17, 15) is 9.59 Å². The van der Waals surface area contributed by atoms with E-state index in [1.807, 2.05) is 57.3 Å². The molecule has 1 atom stereocenters. The van der Waals surface area contributed by atoms with Crippen LogP contribution in [0, 0.1) is 6.92 Å². The first kappa shape index (κ1) is 22.6. The van der Waals surface area contributed by atoms with Crippen molar-refractivity contribution in [2.45, 2.75) is 38.4 Å². The fourth-order valence-electron chi connectivity index (χ4n) is 3.27. The van der Waals surface area contributed by atoms with Gasteiger partial charge in [0, 0.05) is 18.3 Å². The summed E-state index contributed by atoms with van der Waals surface area (Å²) in [5.41, 5.74) is 3.63. The fourth-order valence-corrected chi connectivity index (χ4v) is 3.99. The third-order valence-electron chi connectivity index (χ3n) is 4.98. The number of para-hydroxylation sites is 1. The molecule has 0 radical (unpaired) electrons. The third kappa shape index (κ3) is 5.52. The van der Waals surface area contributed by atoms with Crippen LogP contribution < -0.4 is 10.6 Å². The van der Waals surface area contributed by atoms with Crippen LogP contribution in [0.4, 0.5) is 5.69 Å². The van der Waals surface area contributed by atoms with Gasteiger partial charge in [-0.15, -0.1) is 10.2 Å². The minimum atomic E-state index is -0.326. The van der Waals surface area contributed by atoms with Crippen LogP contribution in [0.2, 0.25) is 0 Å². The van der Waals surface area contributed by atoms with Crippen LogP contribution in [0.1, 0.15) is 47.2 Å². The van der Waals surface area contributed by atoms with Crippen LogP contribution in [0.3, 0.4) is 0 Å². The van der Waals surface area contributed by atoms with Crippen molar-refractivity contribution in [2.24, 2.45) is 7.05 Å². The lowest BCUT2D eigenvalue weighted by atomic mass is 10.1. The van der Waals surface area contributed by atoms with Crippen LogP contribution in [0.15, 0.2) is 53.7 Å². The maximum Gasteiger partial charge on any atom is 0.251 e. The molecule has 31 heavy (non-hydrogen) atoms. The molecular weight excluding hydrogens is 410 g/mol. The highest BCUT2D eigenvalue weighted by atomic mass is 32.2. The lowest BCUT2D eigenvalue weighted by molar-refractivity contribution is -0.113. The summed E-state index contributed by atoms with van der Waals surface area (Å²) in [5, 5.41) is 15.0. The molecular formula is C23H27N5O2S. The molecule has 0 saturated heterocycles. The molecule has 1 aromatic heterocycles. The predicted octanol–water partition coefficient (Wildman–Crippen LogP) is 3.91. The quantitative estimate of drug-likeness (QED) is 0.522. The van der Waals surface area contributed by atoms with Gasteiger partial charge in [-0.1, -0.05) is 55.1 Å². The van der Waals surface area contributed by atoms with E-state index in [-0.39, 0.29) is 23.6 Å². The highest BCUT2D eigenvalue weighted by Gasteiger charge is 2.19. The first-order valence-corrected chi connectivity index (χ1v) is 11.2. The van der Waals surface area contributed by atoms with Gasteiger partial charge in [0.15, 0.2) is 11.0 Å². The molecule has 3 aromatic rings. The molecule has 2 aromatic carbocycles. The second-order valence-electron chi connectivity index (χ2n) is 7.26. The molecule has 3 rings (SSSR count). The van der Waals surface area contributed by atoms with Gasteiger partial charge in [-0.3, -0.25) is 9.59 Å². The lowest BCUT2D eigenvalue weighted by Crippen LogP contribution is -2.28. The van der Waals surface area contributed by atoms with Crippen molar-refractivity contribution in [1.82, 2.24) is 20.1 Å². The van der Waals surface area contributed by atoms with Crippen molar-refractivity contribution in [3.05, 3.63) is 71.0 Å². The van der Waals surface area contributed by atoms with Crippen LogP contribution >= 0.6 is 11.8 Å². The molecule has 0 aliphatic rings. The number of rotatable bonds is 8. The maximum absolute atomic E-state index is 12.5. The number of aryl methyl sites for hydroxylation is 2. The topological polar surface area (TPSA) is 88.9 Å². The molecule has 0 saturated carbocycles. The number of hydrogen-bond acceptors (Lipinski definition) is 5. The average molecular weight is 438 g/mol. The molecule has 0 fully saturated rings. The Kier molecular flexibility index (Phi) is 7.46. The zero-order valence-electron chi connectivity index (χ0n) is 18.2. The second kappa shape index (κ2) is 10.3. The van der Waals surface area contributed by atoms with Crippen molar-refractivity contribution < 1.29 is 9.59 Å². The first-order chi connectivity index (χ1) is 14.9. The van der Waals surface area contributed by atoms with Gasteiger partial charge in [0.2, 0.25) is 5.91 Å². The summed E-state index contributed by atoms with van der Waals surface area (Å²) in [5.74, 6) is 0.576. The van der Waals surface area contributed by atoms with E-state index in [1.165, 1.54) is 11.8 Å². The number of benzene rings is 2. The molecule has 2 N–H and O–H groups in total. The highest BCUT2D eigenvalue weighted by molar-refractivity contribution is 7.99. The lowest BCUT2D eigenvalue weighted by Gasteiger charge is -2.14. The Bertz CT molecular complexity index is 1070. The number of anilines is 1. The minimum absolute atomic E-state index is 0.0935. The van der Waals surface area contributed by atoms with E-state index < -0.39 is 0 Å². The van der Waals surface area contributed by atoms with Gasteiger partial charge in [0.1, 0.15) is 0 Å². The van der Waals surface area contributed by atoms with Gasteiger partial charge in [0.05, 0.1) is 11.8 Å². The van der Waals surface area contributed by atoms with Crippen molar-refractivity contribution >= 4 is 29.3 Å². The number of amides is 2. The zero-order chi connectivity index (χ0) is 22.4. The monoisotopic (exact) mass is 437 g/mol. The predicted molar refractivity (Wildman–Crippen MR) is 123 cm³/mol. The van der Waals surface area contributed by atoms with Gasteiger partial charge in [-0.25, -0.2) is 0 Å². The number of carbonyl (C=O) groups is 2. The van der Waals surface area contributed by atoms with Crippen LogP contribution in [0.25, 0.3) is 0 Å². The summed E-state index contributed by atoms with van der Waals surface area (Å²) >= 11 is 1.31. The Morgan fingerprint density at radius 2 is 1.84 bits per heavy atom. The fraction of sp³-hybridized carbons (Fsp3) is 0.304. The van der Waals surface area contributed by atoms with E-state index in [0.717, 1.165) is 23.2 Å². The summed E-state index contributed by atoms with van der Waals surface area (Å²) in [7, 11) is 1.83. The summed E-state index contributed by atoms with van der Waals surface area (Å²) in [6.07, 6.45) is 0.851. The van der Waals surface area contributed by atoms with Crippen molar-refractivity contribution in [1.29, 1.82) is 0 Å². The Morgan fingerprint density at radius 3 is 2.55 bits per heavy atom. The number of thioether (sulfide) groups is 1. The molecule has 1 heterocycles. The molecule has 0 spiro atoms. The Labute approximate surface area is 186 Å². The molecule has 0 aliphatic heterocycles. The number of nitrogens with zero attached hydrogens (tertiary/aromatic N) is 3. The van der Waals surface area contributed by atoms with Gasteiger partial charge < -0.3 is 15.2 Å². The number of hydrogen-bond donors (Lipinski definition) is 2. The van der Waals surface area contributed by atoms with Gasteiger partial charge in [-0.2, -0.15) is 0 Å². The number of carbonyl (C=O) groups excluding carboxylic acids is 2. The van der Waals surface area contributed by atoms with Crippen molar-refractivity contribution in [2.75, 3.05) is 11.1 Å². The largest absolute Gasteiger partial charge is 0.342 e. The normalized spacial score (nSPS) is 11.7. The number of aromatic nitrogens is 3. The molecule has 0 bridgehead atoms. The van der Waals surface area contributed by atoms with Gasteiger partial charge in [0.25, 0.3) is 5.91 Å². The van der Waals surface area contributed by atoms with E-state index in [0.29, 0.717) is 16.5 Å². The Balaban J connectivity index is 1.60. The minimum Gasteiger partial charge on any atom is -0.342 e. The summed E-state index contributed by atoms with van der Waals surface area (Å²) in [6.45, 7) is 5.91. The summed E-state index contributed by atoms with van der Waals surface area (Å²) in [6, 6.07) is 14.7. The third-order valence-corrected chi connectivity index (χ3v) is 6.00. The van der Waals surface area contributed by atoms with E-state index in [2.05, 4.69) is 27.8 Å². The maximum atomic E-state index is 12.5. The molecule has 0 aliphatic carbocycles. The molecule has 162 valence electrons. The smallest absolute Gasteiger partial charge is 0.251 e.